The summed E-state index contributed by atoms with van der Waals surface area (Å²) in [6.45, 7) is 6.82. The maximum absolute atomic E-state index is 12.9. The van der Waals surface area contributed by atoms with Gasteiger partial charge in [-0.1, -0.05) is 33.3 Å². The lowest BCUT2D eigenvalue weighted by Gasteiger charge is -2.38. The van der Waals surface area contributed by atoms with Gasteiger partial charge in [0.15, 0.2) is 0 Å². The van der Waals surface area contributed by atoms with Crippen LogP contribution in [0, 0.1) is 17.8 Å². The SMILES string of the molecule is CCC1CN(C(=O)Nc2cccc(C(F)(F)F)c2)CCC1CC(=O)NC(CO)CC(C)C. The number of nitrogens with one attached hydrogen (secondary N) is 2. The topological polar surface area (TPSA) is 81.7 Å². The Bertz CT molecular complexity index is 770. The Morgan fingerprint density at radius 1 is 1.25 bits per heavy atom. The highest BCUT2D eigenvalue weighted by atomic mass is 19.4. The van der Waals surface area contributed by atoms with Crippen LogP contribution in [0.25, 0.3) is 0 Å². The van der Waals surface area contributed by atoms with Gasteiger partial charge in [-0.25, -0.2) is 4.79 Å². The quantitative estimate of drug-likeness (QED) is 0.538. The Labute approximate surface area is 187 Å². The van der Waals surface area contributed by atoms with Crippen molar-refractivity contribution in [1.82, 2.24) is 10.2 Å². The molecule has 1 fully saturated rings. The number of urea groups is 1. The number of hydrogen-bond acceptors (Lipinski definition) is 3. The predicted molar refractivity (Wildman–Crippen MR) is 117 cm³/mol. The van der Waals surface area contributed by atoms with E-state index in [1.54, 1.807) is 4.90 Å². The average Bonchev–Trinajstić information content (AvgIpc) is 2.72. The molecular formula is C23H34F3N3O3. The lowest BCUT2D eigenvalue weighted by molar-refractivity contribution is -0.137. The van der Waals surface area contributed by atoms with Crippen molar-refractivity contribution in [2.24, 2.45) is 17.8 Å². The Kier molecular flexibility index (Phi) is 9.36. The van der Waals surface area contributed by atoms with Gasteiger partial charge in [-0.05, 0) is 48.8 Å². The van der Waals surface area contributed by atoms with Gasteiger partial charge >= 0.3 is 12.2 Å². The Morgan fingerprint density at radius 2 is 1.97 bits per heavy atom. The standard InChI is InChI=1S/C23H34F3N3O3/c1-4-16-13-29(22(32)28-19-7-5-6-18(12-19)23(24,25)26)9-8-17(16)11-21(31)27-20(14-30)10-15(2)3/h5-7,12,15-17,20,30H,4,8-11,13-14H2,1-3H3,(H,27,31)(H,28,32). The minimum Gasteiger partial charge on any atom is -0.394 e. The first-order valence-corrected chi connectivity index (χ1v) is 11.2. The van der Waals surface area contributed by atoms with E-state index in [0.717, 1.165) is 18.6 Å². The van der Waals surface area contributed by atoms with Crippen molar-refractivity contribution in [3.63, 3.8) is 0 Å². The van der Waals surface area contributed by atoms with Gasteiger partial charge in [-0.2, -0.15) is 13.2 Å². The van der Waals surface area contributed by atoms with Crippen molar-refractivity contribution < 1.29 is 27.9 Å². The number of halogens is 3. The summed E-state index contributed by atoms with van der Waals surface area (Å²) in [5.41, 5.74) is -0.718. The van der Waals surface area contributed by atoms with Crippen LogP contribution in [-0.4, -0.2) is 47.7 Å². The molecule has 1 heterocycles. The van der Waals surface area contributed by atoms with E-state index >= 15 is 0 Å². The highest BCUT2D eigenvalue weighted by molar-refractivity contribution is 5.89. The van der Waals surface area contributed by atoms with Crippen LogP contribution in [0.5, 0.6) is 0 Å². The van der Waals surface area contributed by atoms with Crippen LogP contribution in [0.3, 0.4) is 0 Å². The van der Waals surface area contributed by atoms with E-state index in [2.05, 4.69) is 10.6 Å². The van der Waals surface area contributed by atoms with Gasteiger partial charge in [0.2, 0.25) is 5.91 Å². The van der Waals surface area contributed by atoms with E-state index in [1.807, 2.05) is 20.8 Å². The van der Waals surface area contributed by atoms with Crippen molar-refractivity contribution in [3.8, 4) is 0 Å². The summed E-state index contributed by atoms with van der Waals surface area (Å²) in [7, 11) is 0. The third-order valence-electron chi connectivity index (χ3n) is 5.93. The summed E-state index contributed by atoms with van der Waals surface area (Å²) in [4.78, 5) is 26.7. The zero-order valence-corrected chi connectivity index (χ0v) is 18.9. The maximum Gasteiger partial charge on any atom is 0.416 e. The molecule has 0 radical (unpaired) electrons. The Hall–Kier alpha value is -2.29. The monoisotopic (exact) mass is 457 g/mol. The van der Waals surface area contributed by atoms with Gasteiger partial charge in [0.1, 0.15) is 0 Å². The lowest BCUT2D eigenvalue weighted by Crippen LogP contribution is -2.47. The number of piperidine rings is 1. The fourth-order valence-corrected chi connectivity index (χ4v) is 4.25. The highest BCUT2D eigenvalue weighted by Gasteiger charge is 2.33. The zero-order chi connectivity index (χ0) is 23.9. The molecule has 9 heteroatoms. The van der Waals surface area contributed by atoms with Crippen molar-refractivity contribution in [3.05, 3.63) is 29.8 Å². The number of carbonyl (C=O) groups excluding carboxylic acids is 2. The molecule has 3 atom stereocenters. The molecule has 0 aromatic heterocycles. The second-order valence-electron chi connectivity index (χ2n) is 8.95. The molecule has 0 saturated carbocycles. The molecule has 3 unspecified atom stereocenters. The van der Waals surface area contributed by atoms with Crippen LogP contribution in [0.4, 0.5) is 23.7 Å². The number of carbonyl (C=O) groups is 2. The lowest BCUT2D eigenvalue weighted by atomic mass is 9.81. The van der Waals surface area contributed by atoms with E-state index in [4.69, 9.17) is 0 Å². The van der Waals surface area contributed by atoms with Gasteiger partial charge in [0.05, 0.1) is 18.2 Å². The van der Waals surface area contributed by atoms with Gasteiger partial charge in [-0.3, -0.25) is 4.79 Å². The number of aliphatic hydroxyl groups excluding tert-OH is 1. The fourth-order valence-electron chi connectivity index (χ4n) is 4.25. The van der Waals surface area contributed by atoms with Crippen LogP contribution in [0.1, 0.15) is 52.0 Å². The Balaban J connectivity index is 1.92. The summed E-state index contributed by atoms with van der Waals surface area (Å²) in [5.74, 6) is 0.472. The third-order valence-corrected chi connectivity index (χ3v) is 5.93. The molecule has 6 nitrogen and oxygen atoms in total. The maximum atomic E-state index is 12.9. The van der Waals surface area contributed by atoms with Crippen LogP contribution < -0.4 is 10.6 Å². The van der Waals surface area contributed by atoms with E-state index in [9.17, 15) is 27.9 Å². The zero-order valence-electron chi connectivity index (χ0n) is 18.9. The summed E-state index contributed by atoms with van der Waals surface area (Å²) in [6.07, 6.45) is -2.03. The van der Waals surface area contributed by atoms with Gasteiger partial charge < -0.3 is 20.6 Å². The van der Waals surface area contributed by atoms with E-state index < -0.39 is 17.8 Å². The molecule has 2 rings (SSSR count). The Morgan fingerprint density at radius 3 is 2.56 bits per heavy atom. The molecule has 0 spiro atoms. The number of amides is 3. The van der Waals surface area contributed by atoms with E-state index in [0.29, 0.717) is 38.3 Å². The predicted octanol–water partition coefficient (Wildman–Crippen LogP) is 4.50. The number of benzene rings is 1. The molecule has 1 aromatic carbocycles. The molecule has 1 saturated heterocycles. The number of nitrogens with zero attached hydrogens (tertiary/aromatic N) is 1. The second kappa shape index (κ2) is 11.5. The van der Waals surface area contributed by atoms with Crippen LogP contribution in [-0.2, 0) is 11.0 Å². The van der Waals surface area contributed by atoms with Crippen LogP contribution in [0.2, 0.25) is 0 Å². The minimum atomic E-state index is -4.48. The fraction of sp³-hybridized carbons (Fsp3) is 0.652. The molecule has 1 aliphatic heterocycles. The largest absolute Gasteiger partial charge is 0.416 e. The summed E-state index contributed by atoms with van der Waals surface area (Å²) in [6, 6.07) is 3.86. The molecule has 0 aliphatic carbocycles. The van der Waals surface area contributed by atoms with E-state index in [1.165, 1.54) is 12.1 Å². The molecule has 3 amide bonds. The normalized spacial score (nSPS) is 20.2. The number of anilines is 1. The summed E-state index contributed by atoms with van der Waals surface area (Å²) < 4.78 is 38.7. The molecule has 180 valence electrons. The third kappa shape index (κ3) is 7.69. The van der Waals surface area contributed by atoms with Crippen molar-refractivity contribution in [2.75, 3.05) is 25.0 Å². The first-order valence-electron chi connectivity index (χ1n) is 11.2. The van der Waals surface area contributed by atoms with Crippen LogP contribution in [0.15, 0.2) is 24.3 Å². The summed E-state index contributed by atoms with van der Waals surface area (Å²) >= 11 is 0. The molecule has 3 N–H and O–H groups in total. The second-order valence-corrected chi connectivity index (χ2v) is 8.95. The van der Waals surface area contributed by atoms with Gasteiger partial charge in [0, 0.05) is 25.2 Å². The van der Waals surface area contributed by atoms with Crippen molar-refractivity contribution >= 4 is 17.6 Å². The van der Waals surface area contributed by atoms with Crippen LogP contribution >= 0.6 is 0 Å². The smallest absolute Gasteiger partial charge is 0.394 e. The minimum absolute atomic E-state index is 0.0968. The molecule has 1 aromatic rings. The first kappa shape index (κ1) is 26.0. The summed E-state index contributed by atoms with van der Waals surface area (Å²) in [5, 5.41) is 14.9. The van der Waals surface area contributed by atoms with Crippen molar-refractivity contribution in [1.29, 1.82) is 0 Å². The number of rotatable bonds is 8. The van der Waals surface area contributed by atoms with Gasteiger partial charge in [0.25, 0.3) is 0 Å². The first-order chi connectivity index (χ1) is 15.0. The average molecular weight is 458 g/mol. The molecule has 1 aliphatic rings. The van der Waals surface area contributed by atoms with Crippen molar-refractivity contribution in [2.45, 2.75) is 58.7 Å². The molecule has 32 heavy (non-hydrogen) atoms. The molecular weight excluding hydrogens is 423 g/mol. The molecule has 0 bridgehead atoms. The number of hydrogen-bond donors (Lipinski definition) is 3. The highest BCUT2D eigenvalue weighted by Crippen LogP contribution is 2.32. The van der Waals surface area contributed by atoms with Gasteiger partial charge in [-0.15, -0.1) is 0 Å². The number of aliphatic hydroxyl groups is 1. The van der Waals surface area contributed by atoms with E-state index in [-0.39, 0.29) is 36.1 Å². The number of likely N-dealkylation sites (tertiary alicyclic amines) is 1. The number of alkyl halides is 3.